The minimum Gasteiger partial charge on any atom is -0.743 e. The zero-order chi connectivity index (χ0) is 16.4. The molecule has 4 saturated carbocycles. The van der Waals surface area contributed by atoms with E-state index in [1.165, 1.54) is 0 Å². The van der Waals surface area contributed by atoms with Gasteiger partial charge in [0.25, 0.3) is 0 Å². The van der Waals surface area contributed by atoms with Crippen LogP contribution in [0, 0.1) is 17.3 Å². The third-order valence-corrected chi connectivity index (χ3v) is 6.01. The Kier molecular flexibility index (Phi) is 4.99. The molecule has 6 nitrogen and oxygen atoms in total. The number of esters is 1. The van der Waals surface area contributed by atoms with Gasteiger partial charge in [-0.3, -0.25) is 0 Å². The summed E-state index contributed by atoms with van der Waals surface area (Å²) in [6.45, 7) is -0.383. The SMILES string of the molecule is O=C(OCC12CC3CC(CC(O)(C3)C1)C2)C(F)(F)S(=O)(=O)[O-].[Na+]. The van der Waals surface area contributed by atoms with Crippen molar-refractivity contribution in [3.8, 4) is 0 Å². The average molecular weight is 362 g/mol. The Morgan fingerprint density at radius 3 is 2.22 bits per heavy atom. The van der Waals surface area contributed by atoms with Gasteiger partial charge >= 0.3 is 40.8 Å². The molecule has 10 heteroatoms. The normalized spacial score (nSPS) is 39.0. The molecule has 4 rings (SSSR count). The van der Waals surface area contributed by atoms with Gasteiger partial charge in [-0.1, -0.05) is 0 Å². The smallest absolute Gasteiger partial charge is 0.743 e. The minimum absolute atomic E-state index is 0. The van der Waals surface area contributed by atoms with Crippen molar-refractivity contribution < 1.29 is 65.9 Å². The molecule has 0 aromatic rings. The van der Waals surface area contributed by atoms with E-state index in [4.69, 9.17) is 0 Å². The number of hydrogen-bond acceptors (Lipinski definition) is 6. The Morgan fingerprint density at radius 1 is 1.26 bits per heavy atom. The molecule has 4 aliphatic rings. The summed E-state index contributed by atoms with van der Waals surface area (Å²) < 4.78 is 62.0. The van der Waals surface area contributed by atoms with E-state index in [-0.39, 0.29) is 48.0 Å². The van der Waals surface area contributed by atoms with Crippen LogP contribution >= 0.6 is 0 Å². The summed E-state index contributed by atoms with van der Waals surface area (Å²) in [7, 11) is -6.10. The van der Waals surface area contributed by atoms with Crippen molar-refractivity contribution in [1.29, 1.82) is 0 Å². The van der Waals surface area contributed by atoms with Gasteiger partial charge in [-0.05, 0) is 50.4 Å². The Labute approximate surface area is 155 Å². The largest absolute Gasteiger partial charge is 1.00 e. The molecule has 2 atom stereocenters. The van der Waals surface area contributed by atoms with Gasteiger partial charge in [0.1, 0.15) is 0 Å². The van der Waals surface area contributed by atoms with Crippen LogP contribution in [0.15, 0.2) is 0 Å². The van der Waals surface area contributed by atoms with E-state index >= 15 is 0 Å². The van der Waals surface area contributed by atoms with Crippen LogP contribution in [0.5, 0.6) is 0 Å². The quantitative estimate of drug-likeness (QED) is 0.353. The number of halogens is 2. The number of aliphatic hydroxyl groups is 1. The maximum absolute atomic E-state index is 13.1. The van der Waals surface area contributed by atoms with Crippen LogP contribution < -0.4 is 29.6 Å². The first kappa shape index (κ1) is 19.5. The number of carbonyl (C=O) groups is 1. The molecule has 0 aromatic heterocycles. The molecule has 4 bridgehead atoms. The number of ether oxygens (including phenoxy) is 1. The summed E-state index contributed by atoms with van der Waals surface area (Å²) in [6, 6.07) is 0. The summed E-state index contributed by atoms with van der Waals surface area (Å²) in [5.41, 5.74) is -1.43. The van der Waals surface area contributed by atoms with Gasteiger partial charge in [-0.2, -0.15) is 8.78 Å². The first-order valence-electron chi connectivity index (χ1n) is 7.18. The number of alkyl halides is 2. The Bertz CT molecular complexity index is 594. The molecule has 0 spiro atoms. The van der Waals surface area contributed by atoms with Crippen molar-refractivity contribution in [2.75, 3.05) is 6.61 Å². The fourth-order valence-corrected chi connectivity index (χ4v) is 5.24. The Morgan fingerprint density at radius 2 is 1.78 bits per heavy atom. The van der Waals surface area contributed by atoms with E-state index in [2.05, 4.69) is 4.74 Å². The third kappa shape index (κ3) is 3.46. The first-order valence-corrected chi connectivity index (χ1v) is 8.59. The van der Waals surface area contributed by atoms with Crippen molar-refractivity contribution in [2.24, 2.45) is 17.3 Å². The number of carbonyl (C=O) groups excluding carboxylic acids is 1. The monoisotopic (exact) mass is 362 g/mol. The maximum atomic E-state index is 13.1. The van der Waals surface area contributed by atoms with Crippen LogP contribution in [0.3, 0.4) is 0 Å². The standard InChI is InChI=1S/C13H18F2O6S.Na/c14-13(15,22(18,19)20)10(16)21-7-11-2-8-1-9(3-11)5-12(17,4-8)6-11;/h8-9,17H,1-7H2,(H,18,19,20);/q;+1/p-1. The zero-order valence-electron chi connectivity index (χ0n) is 12.8. The van der Waals surface area contributed by atoms with E-state index in [0.717, 1.165) is 6.42 Å². The van der Waals surface area contributed by atoms with Gasteiger partial charge < -0.3 is 14.4 Å². The van der Waals surface area contributed by atoms with Gasteiger partial charge in [-0.25, -0.2) is 13.2 Å². The molecular weight excluding hydrogens is 345 g/mol. The van der Waals surface area contributed by atoms with Gasteiger partial charge in [0.15, 0.2) is 10.1 Å². The molecule has 126 valence electrons. The van der Waals surface area contributed by atoms with E-state index < -0.39 is 32.4 Å². The number of rotatable bonds is 4. The molecule has 0 aliphatic heterocycles. The van der Waals surface area contributed by atoms with E-state index in [0.29, 0.717) is 32.1 Å². The molecule has 4 aliphatic carbocycles. The van der Waals surface area contributed by atoms with Crippen LogP contribution in [0.1, 0.15) is 38.5 Å². The van der Waals surface area contributed by atoms with Crippen molar-refractivity contribution in [3.05, 3.63) is 0 Å². The molecule has 2 unspecified atom stereocenters. The molecule has 0 radical (unpaired) electrons. The van der Waals surface area contributed by atoms with Crippen molar-refractivity contribution in [2.45, 2.75) is 49.4 Å². The first-order chi connectivity index (χ1) is 9.95. The second-order valence-electron chi connectivity index (χ2n) is 7.23. The third-order valence-electron chi connectivity index (χ3n) is 5.21. The topological polar surface area (TPSA) is 104 Å². The molecule has 0 saturated heterocycles. The minimum atomic E-state index is -6.10. The van der Waals surface area contributed by atoms with Crippen LogP contribution in [-0.4, -0.2) is 41.5 Å². The van der Waals surface area contributed by atoms with Crippen molar-refractivity contribution in [1.82, 2.24) is 0 Å². The van der Waals surface area contributed by atoms with Gasteiger partial charge in [-0.15, -0.1) is 0 Å². The van der Waals surface area contributed by atoms with E-state index in [9.17, 15) is 31.7 Å². The molecule has 23 heavy (non-hydrogen) atoms. The molecule has 1 N–H and O–H groups in total. The van der Waals surface area contributed by atoms with Crippen molar-refractivity contribution >= 4 is 16.1 Å². The second kappa shape index (κ2) is 5.88. The van der Waals surface area contributed by atoms with Crippen molar-refractivity contribution in [3.63, 3.8) is 0 Å². The second-order valence-corrected chi connectivity index (χ2v) is 8.65. The van der Waals surface area contributed by atoms with Crippen LogP contribution in [0.2, 0.25) is 0 Å². The summed E-state index contributed by atoms with van der Waals surface area (Å²) in [4.78, 5) is 11.3. The van der Waals surface area contributed by atoms with Gasteiger partial charge in [0.05, 0.1) is 12.2 Å². The van der Waals surface area contributed by atoms with Crippen LogP contribution in [0.4, 0.5) is 8.78 Å². The molecular formula is C13H17F2NaO6S. The maximum Gasteiger partial charge on any atom is 1.00 e. The average Bonchev–Trinajstić information content (AvgIpc) is 2.31. The van der Waals surface area contributed by atoms with E-state index in [1.54, 1.807) is 0 Å². The number of hydrogen-bond donors (Lipinski definition) is 1. The summed E-state index contributed by atoms with van der Waals surface area (Å²) in [5, 5.41) is 5.41. The van der Waals surface area contributed by atoms with Crippen LogP contribution in [0.25, 0.3) is 0 Å². The predicted molar refractivity (Wildman–Crippen MR) is 67.7 cm³/mol. The van der Waals surface area contributed by atoms with Gasteiger partial charge in [0, 0.05) is 5.41 Å². The molecule has 0 heterocycles. The molecule has 4 fully saturated rings. The van der Waals surface area contributed by atoms with Crippen LogP contribution in [-0.2, 0) is 19.6 Å². The fourth-order valence-electron chi connectivity index (χ4n) is 4.98. The summed E-state index contributed by atoms with van der Waals surface area (Å²) in [6.07, 6.45) is 4.00. The van der Waals surface area contributed by atoms with Gasteiger partial charge in [0.2, 0.25) is 0 Å². The predicted octanol–water partition coefficient (Wildman–Crippen LogP) is -2.00. The summed E-state index contributed by atoms with van der Waals surface area (Å²) in [5.74, 6) is -1.78. The molecule has 0 amide bonds. The zero-order valence-corrected chi connectivity index (χ0v) is 15.6. The molecule has 0 aromatic carbocycles. The Balaban J connectivity index is 0.00000192. The fraction of sp³-hybridized carbons (Fsp3) is 0.923. The Hall–Kier alpha value is 0.200. The summed E-state index contributed by atoms with van der Waals surface area (Å²) >= 11 is 0. The van der Waals surface area contributed by atoms with E-state index in [1.807, 2.05) is 0 Å².